The number of carbonyl (C=O) groups is 1. The van der Waals surface area contributed by atoms with E-state index >= 15 is 0 Å². The quantitative estimate of drug-likeness (QED) is 0.930. The summed E-state index contributed by atoms with van der Waals surface area (Å²) in [5.41, 5.74) is 0.774. The standard InChI is InChI=1S/C12H9BrClN3O2/c1-19-10-3-2-7(4-8(10)14)17-12(18)9-5-16-11(13)6-15-9/h2-6H,1H3,(H,17,18). The number of halogens is 2. The topological polar surface area (TPSA) is 64.1 Å². The summed E-state index contributed by atoms with van der Waals surface area (Å²) < 4.78 is 5.60. The van der Waals surface area contributed by atoms with Crippen molar-refractivity contribution < 1.29 is 9.53 Å². The van der Waals surface area contributed by atoms with E-state index in [2.05, 4.69) is 31.2 Å². The van der Waals surface area contributed by atoms with Gasteiger partial charge in [0, 0.05) is 5.69 Å². The molecule has 19 heavy (non-hydrogen) atoms. The van der Waals surface area contributed by atoms with Crippen molar-refractivity contribution in [3.05, 3.63) is 45.9 Å². The van der Waals surface area contributed by atoms with Crippen LogP contribution in [0.3, 0.4) is 0 Å². The van der Waals surface area contributed by atoms with Crippen LogP contribution in [0.2, 0.25) is 5.02 Å². The molecule has 98 valence electrons. The van der Waals surface area contributed by atoms with E-state index in [4.69, 9.17) is 16.3 Å². The molecule has 0 aliphatic carbocycles. The first-order valence-electron chi connectivity index (χ1n) is 5.22. The first-order chi connectivity index (χ1) is 9.10. The van der Waals surface area contributed by atoms with Gasteiger partial charge in [-0.05, 0) is 34.1 Å². The van der Waals surface area contributed by atoms with Crippen LogP contribution in [0.15, 0.2) is 35.2 Å². The van der Waals surface area contributed by atoms with Gasteiger partial charge in [-0.1, -0.05) is 11.6 Å². The lowest BCUT2D eigenvalue weighted by Crippen LogP contribution is -2.13. The highest BCUT2D eigenvalue weighted by Gasteiger charge is 2.09. The molecule has 1 N–H and O–H groups in total. The molecule has 1 heterocycles. The van der Waals surface area contributed by atoms with Crippen molar-refractivity contribution in [3.8, 4) is 5.75 Å². The van der Waals surface area contributed by atoms with E-state index in [-0.39, 0.29) is 11.6 Å². The average molecular weight is 343 g/mol. The lowest BCUT2D eigenvalue weighted by Gasteiger charge is -2.07. The van der Waals surface area contributed by atoms with E-state index < -0.39 is 0 Å². The molecule has 1 amide bonds. The second kappa shape index (κ2) is 5.99. The monoisotopic (exact) mass is 341 g/mol. The summed E-state index contributed by atoms with van der Waals surface area (Å²) in [5.74, 6) is 0.185. The largest absolute Gasteiger partial charge is 0.495 e. The molecule has 0 aliphatic rings. The van der Waals surface area contributed by atoms with E-state index in [1.807, 2.05) is 0 Å². The van der Waals surface area contributed by atoms with Crippen molar-refractivity contribution in [2.24, 2.45) is 0 Å². The van der Waals surface area contributed by atoms with Crippen molar-refractivity contribution in [2.45, 2.75) is 0 Å². The Balaban J connectivity index is 2.14. The molecule has 1 aromatic carbocycles. The Labute approximate surface area is 123 Å². The summed E-state index contributed by atoms with van der Waals surface area (Å²) >= 11 is 9.12. The first-order valence-corrected chi connectivity index (χ1v) is 6.39. The van der Waals surface area contributed by atoms with E-state index in [1.165, 1.54) is 19.5 Å². The molecule has 5 nitrogen and oxygen atoms in total. The number of nitrogens with one attached hydrogen (secondary N) is 1. The summed E-state index contributed by atoms with van der Waals surface area (Å²) in [6.45, 7) is 0. The van der Waals surface area contributed by atoms with Gasteiger partial charge in [0.25, 0.3) is 5.91 Å². The summed E-state index contributed by atoms with van der Waals surface area (Å²) in [7, 11) is 1.52. The number of hydrogen-bond acceptors (Lipinski definition) is 4. The van der Waals surface area contributed by atoms with Gasteiger partial charge >= 0.3 is 0 Å². The number of nitrogens with zero attached hydrogens (tertiary/aromatic N) is 2. The molecule has 0 radical (unpaired) electrons. The normalized spacial score (nSPS) is 10.1. The Kier molecular flexibility index (Phi) is 4.34. The molecule has 0 spiro atoms. The van der Waals surface area contributed by atoms with E-state index in [1.54, 1.807) is 18.2 Å². The molecule has 0 fully saturated rings. The Hall–Kier alpha value is -1.66. The van der Waals surface area contributed by atoms with Crippen LogP contribution in [0.25, 0.3) is 0 Å². The minimum atomic E-state index is -0.360. The third-order valence-corrected chi connectivity index (χ3v) is 2.97. The van der Waals surface area contributed by atoms with E-state index in [9.17, 15) is 4.79 Å². The van der Waals surface area contributed by atoms with Crippen molar-refractivity contribution in [2.75, 3.05) is 12.4 Å². The molecule has 2 aromatic rings. The van der Waals surface area contributed by atoms with Crippen LogP contribution in [0.5, 0.6) is 5.75 Å². The van der Waals surface area contributed by atoms with Crippen molar-refractivity contribution >= 4 is 39.1 Å². The van der Waals surface area contributed by atoms with Gasteiger partial charge in [0.15, 0.2) is 0 Å². The average Bonchev–Trinajstić information content (AvgIpc) is 2.39. The number of rotatable bonds is 3. The maximum atomic E-state index is 11.9. The summed E-state index contributed by atoms with van der Waals surface area (Å²) in [6.07, 6.45) is 2.83. The molecule has 0 saturated heterocycles. The number of ether oxygens (including phenoxy) is 1. The third-order valence-electron chi connectivity index (χ3n) is 2.26. The zero-order valence-electron chi connectivity index (χ0n) is 9.85. The molecule has 0 saturated carbocycles. The number of methoxy groups -OCH3 is 1. The van der Waals surface area contributed by atoms with Crippen LogP contribution in [-0.4, -0.2) is 23.0 Å². The van der Waals surface area contributed by atoms with Gasteiger partial charge in [-0.25, -0.2) is 9.97 Å². The Bertz CT molecular complexity index is 604. The maximum Gasteiger partial charge on any atom is 0.275 e. The fourth-order valence-electron chi connectivity index (χ4n) is 1.37. The van der Waals surface area contributed by atoms with Crippen molar-refractivity contribution in [3.63, 3.8) is 0 Å². The molecule has 2 rings (SSSR count). The Morgan fingerprint density at radius 2 is 2.16 bits per heavy atom. The fraction of sp³-hybridized carbons (Fsp3) is 0.0833. The first kappa shape index (κ1) is 13.8. The predicted octanol–water partition coefficient (Wildman–Crippen LogP) is 3.15. The number of anilines is 1. The smallest absolute Gasteiger partial charge is 0.275 e. The van der Waals surface area contributed by atoms with E-state index in [0.29, 0.717) is 21.1 Å². The van der Waals surface area contributed by atoms with Gasteiger partial charge in [0.05, 0.1) is 24.5 Å². The lowest BCUT2D eigenvalue weighted by atomic mass is 10.3. The van der Waals surface area contributed by atoms with Crippen LogP contribution in [-0.2, 0) is 0 Å². The summed E-state index contributed by atoms with van der Waals surface area (Å²) in [6, 6.07) is 4.96. The molecular formula is C12H9BrClN3O2. The van der Waals surface area contributed by atoms with Gasteiger partial charge in [0.2, 0.25) is 0 Å². The van der Waals surface area contributed by atoms with Gasteiger partial charge in [-0.2, -0.15) is 0 Å². The number of carbonyl (C=O) groups excluding carboxylic acids is 1. The molecule has 0 atom stereocenters. The molecular weight excluding hydrogens is 334 g/mol. The highest BCUT2D eigenvalue weighted by Crippen LogP contribution is 2.27. The van der Waals surface area contributed by atoms with Crippen LogP contribution < -0.4 is 10.1 Å². The van der Waals surface area contributed by atoms with Gasteiger partial charge in [-0.3, -0.25) is 4.79 Å². The fourth-order valence-corrected chi connectivity index (χ4v) is 1.83. The van der Waals surface area contributed by atoms with Gasteiger partial charge < -0.3 is 10.1 Å². The summed E-state index contributed by atoms with van der Waals surface area (Å²) in [5, 5.41) is 3.09. The van der Waals surface area contributed by atoms with Crippen LogP contribution in [0, 0.1) is 0 Å². The molecule has 7 heteroatoms. The van der Waals surface area contributed by atoms with Gasteiger partial charge in [0.1, 0.15) is 16.0 Å². The second-order valence-electron chi connectivity index (χ2n) is 3.53. The second-order valence-corrected chi connectivity index (χ2v) is 4.75. The summed E-state index contributed by atoms with van der Waals surface area (Å²) in [4.78, 5) is 19.8. The SMILES string of the molecule is COc1ccc(NC(=O)c2cnc(Br)cn2)cc1Cl. The molecule has 1 aromatic heterocycles. The van der Waals surface area contributed by atoms with Crippen molar-refractivity contribution in [1.82, 2.24) is 9.97 Å². The Morgan fingerprint density at radius 3 is 2.74 bits per heavy atom. The highest BCUT2D eigenvalue weighted by atomic mass is 79.9. The third kappa shape index (κ3) is 3.42. The van der Waals surface area contributed by atoms with Crippen LogP contribution in [0.1, 0.15) is 10.5 Å². The number of amides is 1. The highest BCUT2D eigenvalue weighted by molar-refractivity contribution is 9.10. The number of hydrogen-bond donors (Lipinski definition) is 1. The molecule has 0 unspecified atom stereocenters. The van der Waals surface area contributed by atoms with E-state index in [0.717, 1.165) is 0 Å². The maximum absolute atomic E-state index is 11.9. The predicted molar refractivity (Wildman–Crippen MR) is 75.7 cm³/mol. The zero-order valence-corrected chi connectivity index (χ0v) is 12.2. The number of aromatic nitrogens is 2. The molecule has 0 bridgehead atoms. The minimum absolute atomic E-state index is 0.218. The van der Waals surface area contributed by atoms with Gasteiger partial charge in [-0.15, -0.1) is 0 Å². The Morgan fingerprint density at radius 1 is 1.37 bits per heavy atom. The van der Waals surface area contributed by atoms with Crippen LogP contribution >= 0.6 is 27.5 Å². The van der Waals surface area contributed by atoms with Crippen molar-refractivity contribution in [1.29, 1.82) is 0 Å². The molecule has 0 aliphatic heterocycles. The zero-order chi connectivity index (χ0) is 13.8. The lowest BCUT2D eigenvalue weighted by molar-refractivity contribution is 0.102. The van der Waals surface area contributed by atoms with Crippen LogP contribution in [0.4, 0.5) is 5.69 Å². The minimum Gasteiger partial charge on any atom is -0.495 e. The number of benzene rings is 1.